The molecule has 5 heteroatoms. The second-order valence-electron chi connectivity index (χ2n) is 6.04. The fraction of sp³-hybridized carbons (Fsp3) is 0.588. The van der Waals surface area contributed by atoms with Crippen LogP contribution in [0.1, 0.15) is 19.4 Å². The standard InChI is InChI=1S/C17H27N3O2/c1-14-10-20(11-15(2)22-14)17(21)13-19(9-8-18)12-16-6-4-3-5-7-16/h3-7,14-15H,8-13,18H2,1-2H3. The summed E-state index contributed by atoms with van der Waals surface area (Å²) >= 11 is 0. The van der Waals surface area contributed by atoms with Crippen molar-refractivity contribution >= 4 is 5.91 Å². The zero-order chi connectivity index (χ0) is 15.9. The van der Waals surface area contributed by atoms with Crippen LogP contribution in [0.5, 0.6) is 0 Å². The molecule has 0 spiro atoms. The first-order valence-electron chi connectivity index (χ1n) is 7.98. The van der Waals surface area contributed by atoms with Crippen molar-refractivity contribution in [2.45, 2.75) is 32.6 Å². The molecule has 1 aromatic carbocycles. The number of morpholine rings is 1. The van der Waals surface area contributed by atoms with Gasteiger partial charge in [0.2, 0.25) is 5.91 Å². The minimum Gasteiger partial charge on any atom is -0.372 e. The highest BCUT2D eigenvalue weighted by atomic mass is 16.5. The van der Waals surface area contributed by atoms with E-state index < -0.39 is 0 Å². The molecule has 1 aliphatic rings. The van der Waals surface area contributed by atoms with E-state index in [2.05, 4.69) is 17.0 Å². The molecular weight excluding hydrogens is 278 g/mol. The average Bonchev–Trinajstić information content (AvgIpc) is 2.47. The summed E-state index contributed by atoms with van der Waals surface area (Å²) < 4.78 is 5.69. The van der Waals surface area contributed by atoms with E-state index in [4.69, 9.17) is 10.5 Å². The molecule has 2 atom stereocenters. The predicted molar refractivity (Wildman–Crippen MR) is 87.4 cm³/mol. The summed E-state index contributed by atoms with van der Waals surface area (Å²) in [5, 5.41) is 0. The van der Waals surface area contributed by atoms with Gasteiger partial charge in [-0.3, -0.25) is 9.69 Å². The van der Waals surface area contributed by atoms with Crippen LogP contribution in [0.25, 0.3) is 0 Å². The predicted octanol–water partition coefficient (Wildman–Crippen LogP) is 1.08. The average molecular weight is 305 g/mol. The quantitative estimate of drug-likeness (QED) is 0.854. The highest BCUT2D eigenvalue weighted by Gasteiger charge is 2.26. The van der Waals surface area contributed by atoms with Gasteiger partial charge in [0.25, 0.3) is 0 Å². The largest absolute Gasteiger partial charge is 0.372 e. The minimum atomic E-state index is 0.102. The van der Waals surface area contributed by atoms with Crippen LogP contribution in [0.4, 0.5) is 0 Å². The van der Waals surface area contributed by atoms with E-state index in [-0.39, 0.29) is 18.1 Å². The van der Waals surface area contributed by atoms with Gasteiger partial charge in [0, 0.05) is 32.7 Å². The van der Waals surface area contributed by atoms with Crippen molar-refractivity contribution in [3.05, 3.63) is 35.9 Å². The van der Waals surface area contributed by atoms with Crippen molar-refractivity contribution in [1.82, 2.24) is 9.80 Å². The van der Waals surface area contributed by atoms with Crippen LogP contribution in [-0.4, -0.2) is 60.6 Å². The Hall–Kier alpha value is -1.43. The van der Waals surface area contributed by atoms with Crippen LogP contribution in [-0.2, 0) is 16.1 Å². The third-order valence-corrected chi connectivity index (χ3v) is 3.83. The Morgan fingerprint density at radius 1 is 1.27 bits per heavy atom. The Kier molecular flexibility index (Phi) is 6.36. The zero-order valence-corrected chi connectivity index (χ0v) is 13.6. The Balaban J connectivity index is 1.93. The van der Waals surface area contributed by atoms with Gasteiger partial charge in [0.15, 0.2) is 0 Å². The zero-order valence-electron chi connectivity index (χ0n) is 13.6. The van der Waals surface area contributed by atoms with Gasteiger partial charge in [0.05, 0.1) is 18.8 Å². The van der Waals surface area contributed by atoms with Crippen molar-refractivity contribution in [3.63, 3.8) is 0 Å². The summed E-state index contributed by atoms with van der Waals surface area (Å²) in [6.07, 6.45) is 0.203. The molecule has 1 aliphatic heterocycles. The molecule has 2 rings (SSSR count). The highest BCUT2D eigenvalue weighted by molar-refractivity contribution is 5.78. The SMILES string of the molecule is CC1CN(C(=O)CN(CCN)Cc2ccccc2)CC(C)O1. The van der Waals surface area contributed by atoms with Gasteiger partial charge in [-0.05, 0) is 19.4 Å². The topological polar surface area (TPSA) is 58.8 Å². The number of nitrogens with two attached hydrogens (primary N) is 1. The first-order chi connectivity index (χ1) is 10.6. The van der Waals surface area contributed by atoms with Crippen molar-refractivity contribution in [1.29, 1.82) is 0 Å². The van der Waals surface area contributed by atoms with Gasteiger partial charge in [0.1, 0.15) is 0 Å². The smallest absolute Gasteiger partial charge is 0.236 e. The van der Waals surface area contributed by atoms with Crippen LogP contribution in [0, 0.1) is 0 Å². The fourth-order valence-electron chi connectivity index (χ4n) is 2.91. The van der Waals surface area contributed by atoms with E-state index in [1.807, 2.05) is 36.9 Å². The van der Waals surface area contributed by atoms with E-state index in [1.165, 1.54) is 5.56 Å². The minimum absolute atomic E-state index is 0.102. The lowest BCUT2D eigenvalue weighted by Gasteiger charge is -2.36. The maximum absolute atomic E-state index is 12.6. The number of carbonyl (C=O) groups is 1. The number of benzene rings is 1. The molecule has 122 valence electrons. The van der Waals surface area contributed by atoms with Gasteiger partial charge >= 0.3 is 0 Å². The molecule has 2 N–H and O–H groups in total. The molecule has 0 saturated carbocycles. The first kappa shape index (κ1) is 16.9. The summed E-state index contributed by atoms with van der Waals surface area (Å²) in [5.41, 5.74) is 6.90. The number of hydrogen-bond donors (Lipinski definition) is 1. The van der Waals surface area contributed by atoms with Crippen molar-refractivity contribution < 1.29 is 9.53 Å². The monoisotopic (exact) mass is 305 g/mol. The Morgan fingerprint density at radius 2 is 1.91 bits per heavy atom. The van der Waals surface area contributed by atoms with Crippen molar-refractivity contribution in [2.24, 2.45) is 5.73 Å². The molecule has 5 nitrogen and oxygen atoms in total. The first-order valence-corrected chi connectivity index (χ1v) is 7.98. The molecule has 1 fully saturated rings. The summed E-state index contributed by atoms with van der Waals surface area (Å²) in [5.74, 6) is 0.159. The molecule has 1 heterocycles. The molecule has 0 aromatic heterocycles. The molecule has 22 heavy (non-hydrogen) atoms. The maximum atomic E-state index is 12.6. The lowest BCUT2D eigenvalue weighted by atomic mass is 10.2. The molecule has 1 saturated heterocycles. The lowest BCUT2D eigenvalue weighted by molar-refractivity contribution is -0.144. The second kappa shape index (κ2) is 8.27. The van der Waals surface area contributed by atoms with Crippen molar-refractivity contribution in [3.8, 4) is 0 Å². The molecule has 1 amide bonds. The van der Waals surface area contributed by atoms with E-state index in [1.54, 1.807) is 0 Å². The number of carbonyl (C=O) groups excluding carboxylic acids is 1. The lowest BCUT2D eigenvalue weighted by Crippen LogP contribution is -2.51. The molecule has 0 bridgehead atoms. The number of nitrogens with zero attached hydrogens (tertiary/aromatic N) is 2. The molecular formula is C17H27N3O2. The van der Waals surface area contributed by atoms with Crippen LogP contribution >= 0.6 is 0 Å². The molecule has 1 aromatic rings. The van der Waals surface area contributed by atoms with Crippen LogP contribution < -0.4 is 5.73 Å². The van der Waals surface area contributed by atoms with Gasteiger partial charge in [-0.1, -0.05) is 30.3 Å². The summed E-state index contributed by atoms with van der Waals surface area (Å²) in [7, 11) is 0. The molecule has 0 radical (unpaired) electrons. The fourth-order valence-corrected chi connectivity index (χ4v) is 2.91. The second-order valence-corrected chi connectivity index (χ2v) is 6.04. The van der Waals surface area contributed by atoms with Gasteiger partial charge < -0.3 is 15.4 Å². The third-order valence-electron chi connectivity index (χ3n) is 3.83. The Bertz CT molecular complexity index is 456. The van der Waals surface area contributed by atoms with Crippen LogP contribution in [0.15, 0.2) is 30.3 Å². The van der Waals surface area contributed by atoms with Gasteiger partial charge in [-0.2, -0.15) is 0 Å². The molecule has 2 unspecified atom stereocenters. The third kappa shape index (κ3) is 5.09. The normalized spacial score (nSPS) is 22.1. The molecule has 0 aliphatic carbocycles. The number of rotatable bonds is 6. The number of ether oxygens (including phenoxy) is 1. The Morgan fingerprint density at radius 3 is 2.50 bits per heavy atom. The number of hydrogen-bond acceptors (Lipinski definition) is 4. The van der Waals surface area contributed by atoms with E-state index in [0.29, 0.717) is 26.2 Å². The summed E-state index contributed by atoms with van der Waals surface area (Å²) in [4.78, 5) is 16.6. The van der Waals surface area contributed by atoms with E-state index in [9.17, 15) is 4.79 Å². The number of amides is 1. The Labute approximate surface area is 133 Å². The maximum Gasteiger partial charge on any atom is 0.236 e. The van der Waals surface area contributed by atoms with Gasteiger partial charge in [-0.25, -0.2) is 0 Å². The van der Waals surface area contributed by atoms with Crippen LogP contribution in [0.3, 0.4) is 0 Å². The van der Waals surface area contributed by atoms with E-state index in [0.717, 1.165) is 13.1 Å². The van der Waals surface area contributed by atoms with E-state index >= 15 is 0 Å². The highest BCUT2D eigenvalue weighted by Crippen LogP contribution is 2.12. The van der Waals surface area contributed by atoms with Crippen LogP contribution in [0.2, 0.25) is 0 Å². The summed E-state index contributed by atoms with van der Waals surface area (Å²) in [6, 6.07) is 10.2. The summed E-state index contributed by atoms with van der Waals surface area (Å²) in [6.45, 7) is 7.79. The van der Waals surface area contributed by atoms with Crippen molar-refractivity contribution in [2.75, 3.05) is 32.7 Å². The van der Waals surface area contributed by atoms with Gasteiger partial charge in [-0.15, -0.1) is 0 Å².